The summed E-state index contributed by atoms with van der Waals surface area (Å²) in [4.78, 5) is 0. The van der Waals surface area contributed by atoms with Crippen molar-refractivity contribution in [2.24, 2.45) is 0 Å². The summed E-state index contributed by atoms with van der Waals surface area (Å²) in [7, 11) is 0. The van der Waals surface area contributed by atoms with Crippen molar-refractivity contribution in [3.05, 3.63) is 0 Å². The number of alkyl halides is 7. The van der Waals surface area contributed by atoms with Crippen molar-refractivity contribution in [1.29, 1.82) is 0 Å². The van der Waals surface area contributed by atoms with Crippen LogP contribution in [-0.4, -0.2) is 317 Å². The lowest BCUT2D eigenvalue weighted by molar-refractivity contribution is -0.388. The highest BCUT2D eigenvalue weighted by atomic mass is 127. The topological polar surface area (TPSA) is 412 Å². The van der Waals surface area contributed by atoms with E-state index in [9.17, 15) is 71.5 Å². The third-order valence-corrected chi connectivity index (χ3v) is 20.7. The van der Waals surface area contributed by atoms with E-state index in [1.165, 1.54) is 0 Å². The first-order chi connectivity index (χ1) is 36.7. The molecule has 0 aromatic carbocycles. The van der Waals surface area contributed by atoms with Crippen LogP contribution < -0.4 is 0 Å². The first-order valence-electron chi connectivity index (χ1n) is 24.3. The van der Waals surface area contributed by atoms with E-state index in [0.29, 0.717) is 0 Å². The van der Waals surface area contributed by atoms with Crippen LogP contribution in [0.4, 0.5) is 0 Å². The lowest BCUT2D eigenvalue weighted by atomic mass is 9.96. The maximum absolute atomic E-state index is 11.6. The van der Waals surface area contributed by atoms with Crippen LogP contribution in [0.5, 0.6) is 0 Å². The van der Waals surface area contributed by atoms with Crippen molar-refractivity contribution in [1.82, 2.24) is 0 Å². The molecule has 21 aliphatic rings. The molecular weight excluding hydrogens is 1840 g/mol. The molecule has 0 unspecified atom stereocenters. The Morgan fingerprint density at radius 2 is 0.273 bits per heavy atom. The third kappa shape index (κ3) is 14.1. The minimum absolute atomic E-state index is 0.0801. The summed E-state index contributed by atoms with van der Waals surface area (Å²) in [5.74, 6) is 0. The van der Waals surface area contributed by atoms with Gasteiger partial charge in [0.1, 0.15) is 128 Å². The molecule has 0 aromatic heterocycles. The van der Waals surface area contributed by atoms with Gasteiger partial charge < -0.3 is 138 Å². The average Bonchev–Trinajstić information content (AvgIpc) is 3.45. The fourth-order valence-electron chi connectivity index (χ4n) is 10.3. The molecule has 0 saturated carbocycles. The van der Waals surface area contributed by atoms with Gasteiger partial charge in [0.2, 0.25) is 0 Å². The van der Waals surface area contributed by atoms with Gasteiger partial charge in [-0.3, -0.25) is 0 Å². The largest absolute Gasteiger partial charge is 0.387 e. The van der Waals surface area contributed by atoms with Gasteiger partial charge in [-0.25, -0.2) is 0 Å². The summed E-state index contributed by atoms with van der Waals surface area (Å²) in [6.45, 7) is 0. The van der Waals surface area contributed by atoms with Crippen LogP contribution in [0.25, 0.3) is 0 Å². The van der Waals surface area contributed by atoms with Crippen molar-refractivity contribution >= 4 is 158 Å². The lowest BCUT2D eigenvalue weighted by Gasteiger charge is -2.50. The molecule has 21 saturated heterocycles. The smallest absolute Gasteiger partial charge is 0.187 e. The zero-order valence-corrected chi connectivity index (χ0v) is 54.9. The SMILES string of the molecule is O[C@@H]1[C@@H](O)[C@H]2O[C@H]3[C@H](O)[C@@H](O)[C@@H](O[C@H]4[C@H](O)[C@@H](O)[C@@H](O[C@H]5[C@H](O)[C@@H](O)[C@@H](O[C@H]6[C@H](O)[C@@H](O)[C@@H](O[C@H]7[C@H](O)[C@@H](O)[C@@H](O[C@H]8[C@H](O)[C@@H](O)[C@@H](O[C@@H]1[C@@H](CI)O2)O[C@@H]8CI)O[C@@H]7CI)O[C@@H]6CI)O[C@@H]5CI)O[C@@H]4CI)O[C@@H]3CI. The molecule has 21 heterocycles. The van der Waals surface area contributed by atoms with Crippen molar-refractivity contribution in [2.75, 3.05) is 31.0 Å². The molecule has 28 nitrogen and oxygen atoms in total. The second-order valence-corrected chi connectivity index (χ2v) is 25.6. The van der Waals surface area contributed by atoms with Crippen molar-refractivity contribution in [3.63, 3.8) is 0 Å². The molecule has 0 aromatic rings. The Balaban J connectivity index is 1.08. The fraction of sp³-hybridized carbons (Fsp3) is 1.00. The first kappa shape index (κ1) is 66.9. The van der Waals surface area contributed by atoms with Crippen LogP contribution in [0.1, 0.15) is 0 Å². The Hall–Kier alpha value is 3.99. The van der Waals surface area contributed by atoms with Crippen molar-refractivity contribution in [3.8, 4) is 0 Å². The lowest BCUT2D eigenvalue weighted by Crippen LogP contribution is -2.68. The van der Waals surface area contributed by atoms with Gasteiger partial charge in [-0.15, -0.1) is 0 Å². The minimum atomic E-state index is -1.90. The molecule has 0 amide bonds. The normalized spacial score (nSPS) is 55.4. The highest BCUT2D eigenvalue weighted by Gasteiger charge is 2.59. The molecular formula is C42H63I7O28. The minimum Gasteiger partial charge on any atom is -0.387 e. The van der Waals surface area contributed by atoms with Gasteiger partial charge in [-0.05, 0) is 0 Å². The monoisotopic (exact) mass is 1900 g/mol. The van der Waals surface area contributed by atoms with Crippen LogP contribution in [0, 0.1) is 0 Å². The Morgan fingerprint density at radius 1 is 0.169 bits per heavy atom. The first-order valence-corrected chi connectivity index (χ1v) is 35.0. The van der Waals surface area contributed by atoms with Crippen LogP contribution in [0.2, 0.25) is 0 Å². The third-order valence-electron chi connectivity index (χ3n) is 14.6. The Labute approximate surface area is 535 Å². The molecule has 21 rings (SSSR count). The maximum Gasteiger partial charge on any atom is 0.187 e. The molecule has 448 valence electrons. The van der Waals surface area contributed by atoms with Crippen LogP contribution in [0.15, 0.2) is 0 Å². The van der Waals surface area contributed by atoms with Crippen LogP contribution in [-0.2, 0) is 66.3 Å². The molecule has 21 fully saturated rings. The van der Waals surface area contributed by atoms with Gasteiger partial charge in [-0.1, -0.05) is 158 Å². The predicted molar refractivity (Wildman–Crippen MR) is 311 cm³/mol. The van der Waals surface area contributed by atoms with E-state index in [0.717, 1.165) is 0 Å². The number of hydrogen-bond donors (Lipinski definition) is 14. The van der Waals surface area contributed by atoms with Crippen LogP contribution >= 0.6 is 158 Å². The molecule has 77 heavy (non-hydrogen) atoms. The number of aliphatic hydroxyl groups excluding tert-OH is 14. The number of halogens is 7. The second kappa shape index (κ2) is 29.5. The quantitative estimate of drug-likeness (QED) is 0.0837. The summed E-state index contributed by atoms with van der Waals surface area (Å²) in [6.07, 6.45) is -55.6. The van der Waals surface area contributed by atoms with Gasteiger partial charge in [0.15, 0.2) is 44.0 Å². The van der Waals surface area contributed by atoms with Gasteiger partial charge in [-0.2, -0.15) is 0 Å². The number of rotatable bonds is 7. The summed E-state index contributed by atoms with van der Waals surface area (Å²) in [5.41, 5.74) is 0. The number of ether oxygens (including phenoxy) is 14. The van der Waals surface area contributed by atoms with Gasteiger partial charge in [0.25, 0.3) is 0 Å². The van der Waals surface area contributed by atoms with Gasteiger partial charge in [0, 0.05) is 31.0 Å². The number of hydrogen-bond acceptors (Lipinski definition) is 28. The Bertz CT molecular complexity index is 1490. The highest BCUT2D eigenvalue weighted by Crippen LogP contribution is 2.40. The molecule has 35 heteroatoms. The van der Waals surface area contributed by atoms with Gasteiger partial charge in [0.05, 0.1) is 42.7 Å². The van der Waals surface area contributed by atoms with Crippen LogP contribution in [0.3, 0.4) is 0 Å². The number of aliphatic hydroxyl groups is 14. The second-order valence-electron chi connectivity index (χ2n) is 19.5. The van der Waals surface area contributed by atoms with Crippen molar-refractivity contribution < 1.29 is 138 Å². The molecule has 35 atom stereocenters. The van der Waals surface area contributed by atoms with Crippen molar-refractivity contribution in [2.45, 2.75) is 215 Å². The standard InChI is InChI=1S/C42H63I7O28/c43-1-8-29-15(50)22(57)36(64-8)72-30-9(2-44)66-38(24(59)17(30)52)74-32-11(4-46)68-40(26(61)19(32)54)76-34-13(6-48)70-42(28(63)21(34)56)77-35-14(7-49)69-41(27(62)20(35)55)75-33-12(5-47)67-39(25(60)18(33)53)73-31-10(3-45)65-37(71-29)23(58)16(31)51/h8-42,50-63H,1-7H2/t8-,9-,10-,11-,12-,13-,14-,15-,16-,17-,18-,19-,20-,21-,22-,23-,24-,25-,26-,27-,28-,29-,30-,31-,32-,33-,34-,35-,36-,37-,38-,39-,40-,41-,42-/m1/s1. The van der Waals surface area contributed by atoms with Gasteiger partial charge >= 0.3 is 0 Å². The average molecular weight is 1900 g/mol. The summed E-state index contributed by atoms with van der Waals surface area (Å²) < 4.78 is 85.7. The maximum atomic E-state index is 11.6. The Morgan fingerprint density at radius 3 is 0.364 bits per heavy atom. The molecule has 21 aliphatic heterocycles. The molecule has 0 spiro atoms. The van der Waals surface area contributed by atoms with E-state index < -0.39 is 215 Å². The highest BCUT2D eigenvalue weighted by molar-refractivity contribution is 14.1. The summed E-state index contributed by atoms with van der Waals surface area (Å²) in [5, 5.41) is 161. The molecule has 14 N–H and O–H groups in total. The van der Waals surface area contributed by atoms with E-state index in [4.69, 9.17) is 66.3 Å². The summed E-state index contributed by atoms with van der Waals surface area (Å²) >= 11 is 13.5. The van der Waals surface area contributed by atoms with E-state index in [-0.39, 0.29) is 31.0 Å². The molecule has 0 radical (unpaired) electrons. The molecule has 14 bridgehead atoms. The fourth-order valence-corrected chi connectivity index (χ4v) is 15.2. The summed E-state index contributed by atoms with van der Waals surface area (Å²) in [6, 6.07) is 0. The van der Waals surface area contributed by atoms with E-state index in [1.54, 1.807) is 0 Å². The molecule has 0 aliphatic carbocycles. The van der Waals surface area contributed by atoms with E-state index >= 15 is 0 Å². The van der Waals surface area contributed by atoms with E-state index in [2.05, 4.69) is 0 Å². The Kier molecular flexibility index (Phi) is 25.7. The zero-order chi connectivity index (χ0) is 56.1. The predicted octanol–water partition coefficient (Wildman–Crippen LogP) is -5.13. The van der Waals surface area contributed by atoms with E-state index in [1.807, 2.05) is 158 Å². The zero-order valence-electron chi connectivity index (χ0n) is 39.8.